The number of imidazole rings is 1. The number of anilines is 1. The molecule has 0 aliphatic heterocycles. The van der Waals surface area contributed by atoms with E-state index in [1.54, 1.807) is 41.5 Å². The third kappa shape index (κ3) is 4.04. The number of nitrogens with one attached hydrogen (secondary N) is 1. The molecule has 1 N–H and O–H groups in total. The van der Waals surface area contributed by atoms with E-state index >= 15 is 0 Å². The molecule has 1 amide bonds. The highest BCUT2D eigenvalue weighted by molar-refractivity contribution is 6.02. The van der Waals surface area contributed by atoms with Gasteiger partial charge in [0, 0.05) is 18.1 Å². The van der Waals surface area contributed by atoms with Crippen LogP contribution in [-0.4, -0.2) is 25.4 Å². The Labute approximate surface area is 141 Å². The minimum absolute atomic E-state index is 0.294. The van der Waals surface area contributed by atoms with Gasteiger partial charge in [-0.25, -0.2) is 15.0 Å². The van der Waals surface area contributed by atoms with Gasteiger partial charge in [-0.1, -0.05) is 26.0 Å². The lowest BCUT2D eigenvalue weighted by molar-refractivity contribution is 0.102. The van der Waals surface area contributed by atoms with Crippen molar-refractivity contribution in [2.24, 2.45) is 0 Å². The fourth-order valence-electron chi connectivity index (χ4n) is 1.97. The third-order valence-corrected chi connectivity index (χ3v) is 3.33. The minimum atomic E-state index is -0.294. The molecule has 0 spiro atoms. The zero-order chi connectivity index (χ0) is 17.5. The number of rotatable bonds is 3. The van der Waals surface area contributed by atoms with E-state index in [1.807, 2.05) is 39.8 Å². The Hall–Kier alpha value is -3.02. The second-order valence-electron chi connectivity index (χ2n) is 4.90. The number of amides is 1. The number of hydrogen-bond acceptors (Lipinski definition) is 4. The summed E-state index contributed by atoms with van der Waals surface area (Å²) in [7, 11) is 0. The van der Waals surface area contributed by atoms with Crippen LogP contribution in [0.5, 0.6) is 0 Å². The van der Waals surface area contributed by atoms with Gasteiger partial charge in [0.05, 0.1) is 0 Å². The van der Waals surface area contributed by atoms with E-state index in [1.165, 1.54) is 0 Å². The number of carbonyl (C=O) groups is 1. The SMILES string of the molecule is CC.Cc1ccc(NC(=O)c2cccc(-n3ccnc3)n2)nc1C. The first kappa shape index (κ1) is 17.3. The average Bonchev–Trinajstić information content (AvgIpc) is 3.15. The molecular weight excluding hydrogens is 302 g/mol. The normalized spacial score (nSPS) is 9.83. The molecule has 124 valence electrons. The highest BCUT2D eigenvalue weighted by Gasteiger charge is 2.10. The fourth-order valence-corrected chi connectivity index (χ4v) is 1.97. The van der Waals surface area contributed by atoms with Crippen molar-refractivity contribution >= 4 is 11.7 Å². The molecule has 0 radical (unpaired) electrons. The number of carbonyl (C=O) groups excluding carboxylic acids is 1. The molecule has 0 bridgehead atoms. The Bertz CT molecular complexity index is 812. The Morgan fingerprint density at radius 3 is 2.54 bits per heavy atom. The Balaban J connectivity index is 0.00000100. The Morgan fingerprint density at radius 2 is 1.88 bits per heavy atom. The van der Waals surface area contributed by atoms with Crippen molar-refractivity contribution in [3.05, 3.63) is 66.0 Å². The summed E-state index contributed by atoms with van der Waals surface area (Å²) >= 11 is 0. The highest BCUT2D eigenvalue weighted by Crippen LogP contribution is 2.11. The average molecular weight is 323 g/mol. The van der Waals surface area contributed by atoms with E-state index in [0.717, 1.165) is 11.3 Å². The molecule has 6 nitrogen and oxygen atoms in total. The van der Waals surface area contributed by atoms with E-state index in [4.69, 9.17) is 0 Å². The molecule has 0 saturated carbocycles. The van der Waals surface area contributed by atoms with Crippen LogP contribution in [0.1, 0.15) is 35.6 Å². The summed E-state index contributed by atoms with van der Waals surface area (Å²) in [5.74, 6) is 0.860. The van der Waals surface area contributed by atoms with Gasteiger partial charge in [0.25, 0.3) is 5.91 Å². The number of pyridine rings is 2. The molecule has 6 heteroatoms. The second kappa shape index (κ2) is 8.01. The quantitative estimate of drug-likeness (QED) is 0.800. The van der Waals surface area contributed by atoms with Gasteiger partial charge in [0.1, 0.15) is 23.7 Å². The zero-order valence-electron chi connectivity index (χ0n) is 14.3. The van der Waals surface area contributed by atoms with Gasteiger partial charge in [0.15, 0.2) is 0 Å². The standard InChI is InChI=1S/C16H15N5O.C2H6/c1-11-6-7-14(18-12(11)2)20-16(22)13-4-3-5-15(19-13)21-9-8-17-10-21;1-2/h3-10H,1-2H3,(H,18,20,22);1-2H3. The monoisotopic (exact) mass is 323 g/mol. The Morgan fingerprint density at radius 1 is 1.08 bits per heavy atom. The summed E-state index contributed by atoms with van der Waals surface area (Å²) in [4.78, 5) is 24.9. The summed E-state index contributed by atoms with van der Waals surface area (Å²) < 4.78 is 1.74. The van der Waals surface area contributed by atoms with Gasteiger partial charge in [0.2, 0.25) is 0 Å². The maximum absolute atomic E-state index is 12.3. The van der Waals surface area contributed by atoms with Crippen molar-refractivity contribution in [1.29, 1.82) is 0 Å². The van der Waals surface area contributed by atoms with Crippen molar-refractivity contribution in [3.8, 4) is 5.82 Å². The Kier molecular flexibility index (Phi) is 5.78. The number of hydrogen-bond donors (Lipinski definition) is 1. The molecule has 24 heavy (non-hydrogen) atoms. The summed E-state index contributed by atoms with van der Waals surface area (Å²) in [5, 5.41) is 2.76. The van der Waals surface area contributed by atoms with Gasteiger partial charge in [-0.2, -0.15) is 0 Å². The maximum atomic E-state index is 12.3. The zero-order valence-corrected chi connectivity index (χ0v) is 14.3. The van der Waals surface area contributed by atoms with Gasteiger partial charge in [-0.15, -0.1) is 0 Å². The van der Waals surface area contributed by atoms with E-state index < -0.39 is 0 Å². The van der Waals surface area contributed by atoms with Crippen LogP contribution in [0, 0.1) is 13.8 Å². The minimum Gasteiger partial charge on any atom is -0.305 e. The molecule has 0 fully saturated rings. The number of nitrogens with zero attached hydrogens (tertiary/aromatic N) is 4. The van der Waals surface area contributed by atoms with Crippen molar-refractivity contribution in [2.75, 3.05) is 5.32 Å². The first-order valence-corrected chi connectivity index (χ1v) is 7.84. The fraction of sp³-hybridized carbons (Fsp3) is 0.222. The van der Waals surface area contributed by atoms with Gasteiger partial charge in [-0.3, -0.25) is 9.36 Å². The predicted molar refractivity (Wildman–Crippen MR) is 94.4 cm³/mol. The van der Waals surface area contributed by atoms with Crippen LogP contribution >= 0.6 is 0 Å². The van der Waals surface area contributed by atoms with E-state index in [-0.39, 0.29) is 5.91 Å². The lowest BCUT2D eigenvalue weighted by Gasteiger charge is -2.07. The maximum Gasteiger partial charge on any atom is 0.275 e. The molecular formula is C18H21N5O. The predicted octanol–water partition coefficient (Wildman–Crippen LogP) is 3.56. The third-order valence-electron chi connectivity index (χ3n) is 3.33. The lowest BCUT2D eigenvalue weighted by atomic mass is 10.2. The highest BCUT2D eigenvalue weighted by atomic mass is 16.1. The van der Waals surface area contributed by atoms with Gasteiger partial charge >= 0.3 is 0 Å². The van der Waals surface area contributed by atoms with Gasteiger partial charge < -0.3 is 5.32 Å². The van der Waals surface area contributed by atoms with Crippen LogP contribution in [-0.2, 0) is 0 Å². The molecule has 0 unspecified atom stereocenters. The van der Waals surface area contributed by atoms with Crippen molar-refractivity contribution < 1.29 is 4.79 Å². The van der Waals surface area contributed by atoms with E-state index in [9.17, 15) is 4.79 Å². The van der Waals surface area contributed by atoms with Crippen molar-refractivity contribution in [1.82, 2.24) is 19.5 Å². The first-order chi connectivity index (χ1) is 11.6. The molecule has 0 aliphatic carbocycles. The first-order valence-electron chi connectivity index (χ1n) is 7.84. The topological polar surface area (TPSA) is 72.7 Å². The van der Waals surface area contributed by atoms with Crippen LogP contribution in [0.15, 0.2) is 49.1 Å². The van der Waals surface area contributed by atoms with Crippen molar-refractivity contribution in [3.63, 3.8) is 0 Å². The second-order valence-corrected chi connectivity index (χ2v) is 4.90. The largest absolute Gasteiger partial charge is 0.305 e. The van der Waals surface area contributed by atoms with Crippen LogP contribution < -0.4 is 5.32 Å². The summed E-state index contributed by atoms with van der Waals surface area (Å²) in [6.07, 6.45) is 5.07. The van der Waals surface area contributed by atoms with E-state index in [2.05, 4.69) is 20.3 Å². The van der Waals surface area contributed by atoms with Crippen molar-refractivity contribution in [2.45, 2.75) is 27.7 Å². The summed E-state index contributed by atoms with van der Waals surface area (Å²) in [6.45, 7) is 7.88. The molecule has 0 aliphatic rings. The van der Waals surface area contributed by atoms with Gasteiger partial charge in [-0.05, 0) is 37.6 Å². The summed E-state index contributed by atoms with van der Waals surface area (Å²) in [6, 6.07) is 8.96. The van der Waals surface area contributed by atoms with Crippen LogP contribution in [0.25, 0.3) is 5.82 Å². The van der Waals surface area contributed by atoms with Crippen LogP contribution in [0.3, 0.4) is 0 Å². The molecule has 0 saturated heterocycles. The molecule has 3 aromatic rings. The summed E-state index contributed by atoms with van der Waals surface area (Å²) in [5.41, 5.74) is 2.29. The smallest absolute Gasteiger partial charge is 0.275 e. The molecule has 3 rings (SSSR count). The molecule has 3 heterocycles. The van der Waals surface area contributed by atoms with E-state index in [0.29, 0.717) is 17.3 Å². The lowest BCUT2D eigenvalue weighted by Crippen LogP contribution is -2.15. The molecule has 0 aromatic carbocycles. The molecule has 3 aromatic heterocycles. The number of aromatic nitrogens is 4. The molecule has 0 atom stereocenters. The number of aryl methyl sites for hydroxylation is 2. The van der Waals surface area contributed by atoms with Crippen LogP contribution in [0.2, 0.25) is 0 Å². The van der Waals surface area contributed by atoms with Crippen LogP contribution in [0.4, 0.5) is 5.82 Å².